The molecule has 43 heavy (non-hydrogen) atoms. The number of pyridine rings is 1. The van der Waals surface area contributed by atoms with Crippen molar-refractivity contribution in [1.29, 1.82) is 0 Å². The lowest BCUT2D eigenvalue weighted by molar-refractivity contribution is -0.898. The normalized spacial score (nSPS) is 10.9. The Bertz CT molecular complexity index is 1830. The van der Waals surface area contributed by atoms with Crippen LogP contribution in [0.5, 0.6) is 0 Å². The first-order valence-electron chi connectivity index (χ1n) is 12.6. The Hall–Kier alpha value is -4.63. The zero-order chi connectivity index (χ0) is 30.4. The summed E-state index contributed by atoms with van der Waals surface area (Å²) in [5.41, 5.74) is 2.47. The van der Waals surface area contributed by atoms with Gasteiger partial charge in [-0.05, 0) is 69.0 Å². The van der Waals surface area contributed by atoms with E-state index in [2.05, 4.69) is 64.3 Å². The fraction of sp³-hybridized carbons (Fsp3) is 0.207. The number of fused-ring (bicyclic) bond motifs is 1. The summed E-state index contributed by atoms with van der Waals surface area (Å²) in [7, 11) is 5.51. The topological polar surface area (TPSA) is 141 Å². The summed E-state index contributed by atoms with van der Waals surface area (Å²) < 4.78 is 2.77. The molecule has 2 N–H and O–H groups in total. The third-order valence-corrected chi connectivity index (χ3v) is 6.90. The zero-order valence-electron chi connectivity index (χ0n) is 23.7. The minimum atomic E-state index is -0.504. The summed E-state index contributed by atoms with van der Waals surface area (Å²) in [5, 5.41) is 18.2. The third-order valence-electron chi connectivity index (χ3n) is 6.21. The summed E-state index contributed by atoms with van der Waals surface area (Å²) in [6.45, 7) is 2.37. The number of nitro groups is 1. The smallest absolute Gasteiger partial charge is 0.392 e. The van der Waals surface area contributed by atoms with Gasteiger partial charge in [-0.3, -0.25) is 9.36 Å². The summed E-state index contributed by atoms with van der Waals surface area (Å²) >= 11 is 3.43. The number of halogens is 2. The van der Waals surface area contributed by atoms with Crippen LogP contribution in [0.3, 0.4) is 0 Å². The number of amides is 1. The van der Waals surface area contributed by atoms with Gasteiger partial charge in [0, 0.05) is 34.2 Å². The molecule has 0 spiro atoms. The van der Waals surface area contributed by atoms with Crippen LogP contribution in [0.1, 0.15) is 24.0 Å². The molecule has 14 heteroatoms. The van der Waals surface area contributed by atoms with E-state index < -0.39 is 4.92 Å². The van der Waals surface area contributed by atoms with Crippen molar-refractivity contribution in [2.24, 2.45) is 7.05 Å². The van der Waals surface area contributed by atoms with Crippen LogP contribution in [-0.4, -0.2) is 60.5 Å². The molecular weight excluding hydrogens is 682 g/mol. The van der Waals surface area contributed by atoms with Crippen LogP contribution in [-0.2, 0) is 18.4 Å². The average Bonchev–Trinajstić information content (AvgIpc) is 3.24. The molecule has 0 saturated heterocycles. The van der Waals surface area contributed by atoms with E-state index in [-0.39, 0.29) is 28.7 Å². The highest BCUT2D eigenvalue weighted by Crippen LogP contribution is 2.27. The molecule has 0 aliphatic rings. The van der Waals surface area contributed by atoms with Gasteiger partial charge < -0.3 is 42.2 Å². The van der Waals surface area contributed by atoms with Gasteiger partial charge in [-0.15, -0.1) is 6.42 Å². The molecule has 0 atom stereocenters. The molecule has 0 unspecified atom stereocenters. The molecule has 3 heterocycles. The first-order chi connectivity index (χ1) is 20.0. The number of imidazole rings is 1. The number of terminal acetylenes is 1. The predicted molar refractivity (Wildman–Crippen MR) is 164 cm³/mol. The lowest BCUT2D eigenvalue weighted by Gasteiger charge is -2.28. The van der Waals surface area contributed by atoms with Crippen LogP contribution in [0, 0.1) is 34.3 Å². The molecule has 220 valence electrons. The molecule has 0 aliphatic carbocycles. The number of nitrogens with one attached hydrogen (secondary N) is 2. The van der Waals surface area contributed by atoms with Crippen LogP contribution in [0.2, 0.25) is 0 Å². The molecule has 0 saturated carbocycles. The first-order valence-corrected chi connectivity index (χ1v) is 13.4. The van der Waals surface area contributed by atoms with Crippen molar-refractivity contribution in [2.45, 2.75) is 13.5 Å². The van der Waals surface area contributed by atoms with E-state index in [0.29, 0.717) is 57.2 Å². The van der Waals surface area contributed by atoms with Crippen LogP contribution in [0.25, 0.3) is 10.9 Å². The van der Waals surface area contributed by atoms with Crippen molar-refractivity contribution < 1.29 is 31.2 Å². The van der Waals surface area contributed by atoms with E-state index in [1.54, 1.807) is 36.9 Å². The average molecular weight is 709 g/mol. The number of hydrogen-bond donors (Lipinski definition) is 2. The molecule has 0 fully saturated rings. The highest BCUT2D eigenvalue weighted by molar-refractivity contribution is 9.10. The number of likely N-dealkylation sites (N-methyl/N-ethyl adjacent to an activating group) is 1. The molecule has 4 rings (SSSR count). The van der Waals surface area contributed by atoms with Gasteiger partial charge >= 0.3 is 5.82 Å². The molecule has 3 aromatic heterocycles. The Morgan fingerprint density at radius 3 is 2.72 bits per heavy atom. The second-order valence-electron chi connectivity index (χ2n) is 9.84. The second kappa shape index (κ2) is 14.0. The lowest BCUT2D eigenvalue weighted by Crippen LogP contribution is -3.00. The van der Waals surface area contributed by atoms with Crippen LogP contribution in [0.4, 0.5) is 23.1 Å². The van der Waals surface area contributed by atoms with E-state index in [1.165, 1.54) is 12.4 Å². The Balaban J connectivity index is 0.00000506. The number of nitrogens with zero attached hydrogens (tertiary/aromatic N) is 7. The predicted octanol–water partition coefficient (Wildman–Crippen LogP) is 1.30. The highest BCUT2D eigenvalue weighted by Gasteiger charge is 2.30. The van der Waals surface area contributed by atoms with Crippen molar-refractivity contribution in [2.75, 3.05) is 31.3 Å². The van der Waals surface area contributed by atoms with Gasteiger partial charge in [0.15, 0.2) is 5.69 Å². The number of benzene rings is 1. The lowest BCUT2D eigenvalue weighted by atomic mass is 10.2. The van der Waals surface area contributed by atoms with Gasteiger partial charge in [0.25, 0.3) is 5.82 Å². The highest BCUT2D eigenvalue weighted by atomic mass is 79.9. The fourth-order valence-electron chi connectivity index (χ4n) is 4.12. The van der Waals surface area contributed by atoms with Gasteiger partial charge in [-0.25, -0.2) is 15.0 Å². The third kappa shape index (κ3) is 8.02. The summed E-state index contributed by atoms with van der Waals surface area (Å²) in [5.74, 6) is 8.70. The zero-order valence-corrected chi connectivity index (χ0v) is 26.9. The Kier molecular flexibility index (Phi) is 10.7. The van der Waals surface area contributed by atoms with Crippen molar-refractivity contribution >= 4 is 55.9 Å². The Labute approximate surface area is 267 Å². The second-order valence-corrected chi connectivity index (χ2v) is 10.7. The molecule has 0 radical (unpaired) electrons. The molecule has 0 bridgehead atoms. The number of aromatic nitrogens is 5. The molecule has 0 aliphatic heterocycles. The molecular formula is C29H27Br2N9O3. The number of carbonyl (C=O) groups excluding carboxylic acids is 1. The molecule has 1 amide bonds. The van der Waals surface area contributed by atoms with E-state index in [0.717, 1.165) is 10.2 Å². The minimum absolute atomic E-state index is 0. The van der Waals surface area contributed by atoms with Gasteiger partial charge in [0.1, 0.15) is 24.5 Å². The van der Waals surface area contributed by atoms with E-state index in [1.807, 2.05) is 32.3 Å². The summed E-state index contributed by atoms with van der Waals surface area (Å²) in [6.07, 6.45) is 11.7. The Morgan fingerprint density at radius 2 is 2.02 bits per heavy atom. The molecule has 12 nitrogen and oxygen atoms in total. The first kappa shape index (κ1) is 32.9. The number of quaternary nitrogens is 1. The Morgan fingerprint density at radius 1 is 1.26 bits per heavy atom. The van der Waals surface area contributed by atoms with Gasteiger partial charge in [0.05, 0.1) is 32.4 Å². The summed E-state index contributed by atoms with van der Waals surface area (Å²) in [4.78, 5) is 40.7. The van der Waals surface area contributed by atoms with E-state index in [4.69, 9.17) is 6.42 Å². The van der Waals surface area contributed by atoms with Crippen molar-refractivity contribution in [1.82, 2.24) is 24.5 Å². The minimum Gasteiger partial charge on any atom is -1.00 e. The SMILES string of the molecule is C#Cc1cc(Nc2ncnc3cnc(NC(=O)/C=C/C[N+](C)(C)Cc4c([N+](=O)[O-])nc(C#CC)n4C)cc23)ccc1Br.[Br-]. The molecule has 1 aromatic carbocycles. The molecule has 4 aromatic rings. The number of hydrogen-bond acceptors (Lipinski definition) is 8. The van der Waals surface area contributed by atoms with Gasteiger partial charge in [0.2, 0.25) is 5.91 Å². The summed E-state index contributed by atoms with van der Waals surface area (Å²) in [6, 6.07) is 7.20. The fourth-order valence-corrected chi connectivity index (χ4v) is 4.49. The number of rotatable bonds is 9. The number of carbonyl (C=O) groups is 1. The van der Waals surface area contributed by atoms with Gasteiger partial charge in [-0.1, -0.05) is 11.8 Å². The number of anilines is 3. The van der Waals surface area contributed by atoms with Crippen LogP contribution >= 0.6 is 15.9 Å². The van der Waals surface area contributed by atoms with Crippen LogP contribution < -0.4 is 27.6 Å². The monoisotopic (exact) mass is 707 g/mol. The maximum atomic E-state index is 12.7. The maximum Gasteiger partial charge on any atom is 0.392 e. The van der Waals surface area contributed by atoms with Crippen LogP contribution in [0.15, 0.2) is 53.4 Å². The maximum absolute atomic E-state index is 12.7. The largest absolute Gasteiger partial charge is 1.00 e. The quantitative estimate of drug-likeness (QED) is 0.0873. The van der Waals surface area contributed by atoms with E-state index >= 15 is 0 Å². The van der Waals surface area contributed by atoms with Gasteiger partial charge in [-0.2, -0.15) is 0 Å². The van der Waals surface area contributed by atoms with Crippen molar-refractivity contribution in [3.8, 4) is 24.2 Å². The standard InChI is InChI=1S/C29H26BrN9O3.BrH/c1-6-9-26-36-29(38(41)42)24(37(26)3)17-39(4,5)13-8-10-27(40)35-25-15-21-23(16-31-25)32-18-33-28(21)34-20-11-12-22(30)19(7-2)14-20;/h2,8,10-12,14-16,18H,13,17H2,1,3-5H3,(H-,31,32,33,34,35,40);1H/b10-8+;. The van der Waals surface area contributed by atoms with Crippen molar-refractivity contribution in [3.05, 3.63) is 80.6 Å². The van der Waals surface area contributed by atoms with E-state index in [9.17, 15) is 14.9 Å². The van der Waals surface area contributed by atoms with Crippen molar-refractivity contribution in [3.63, 3.8) is 0 Å².